The summed E-state index contributed by atoms with van der Waals surface area (Å²) in [5, 5.41) is 11.6. The van der Waals surface area contributed by atoms with Gasteiger partial charge in [-0.05, 0) is 54.2 Å². The van der Waals surface area contributed by atoms with Crippen LogP contribution in [0.15, 0.2) is 72.7 Å². The largest absolute Gasteiger partial charge is 0.512 e. The Morgan fingerprint density at radius 1 is 1.00 bits per heavy atom. The minimum Gasteiger partial charge on any atom is -0.512 e. The van der Waals surface area contributed by atoms with Gasteiger partial charge in [0.2, 0.25) is 0 Å². The van der Waals surface area contributed by atoms with E-state index in [4.69, 9.17) is 11.3 Å². The molecule has 0 saturated carbocycles. The van der Waals surface area contributed by atoms with Gasteiger partial charge in [0, 0.05) is 65.6 Å². The number of carbonyl (C=O) groups is 1. The van der Waals surface area contributed by atoms with Crippen molar-refractivity contribution in [3.63, 3.8) is 0 Å². The van der Waals surface area contributed by atoms with Crippen molar-refractivity contribution in [2.24, 2.45) is 17.3 Å². The summed E-state index contributed by atoms with van der Waals surface area (Å²) in [6.45, 7) is 19.5. The maximum atomic E-state index is 11.7. The van der Waals surface area contributed by atoms with E-state index in [9.17, 15) is 9.90 Å². The minimum absolute atomic E-state index is 0. The van der Waals surface area contributed by atoms with Crippen LogP contribution in [0.5, 0.6) is 0 Å². The van der Waals surface area contributed by atoms with Crippen LogP contribution in [0.1, 0.15) is 106 Å². The molecule has 261 valence electrons. The molecule has 2 aromatic heterocycles. The van der Waals surface area contributed by atoms with Crippen molar-refractivity contribution >= 4 is 38.1 Å². The van der Waals surface area contributed by atoms with Crippen LogP contribution in [0.3, 0.4) is 0 Å². The maximum absolute atomic E-state index is 11.7. The van der Waals surface area contributed by atoms with E-state index in [0.29, 0.717) is 6.04 Å². The molecule has 0 unspecified atom stereocenters. The number of aliphatic hydroxyl groups is 1. The number of carbonyl (C=O) groups excluding carboxylic acids is 1. The zero-order valence-electron chi connectivity index (χ0n) is 31.5. The molecule has 0 bridgehead atoms. The Morgan fingerprint density at radius 2 is 1.67 bits per heavy atom. The zero-order chi connectivity index (χ0) is 35.7. The van der Waals surface area contributed by atoms with E-state index in [1.54, 1.807) is 17.7 Å². The average molecular weight is 853 g/mol. The molecule has 5 aromatic rings. The van der Waals surface area contributed by atoms with Gasteiger partial charge in [-0.3, -0.25) is 9.78 Å². The Kier molecular flexibility index (Phi) is 12.0. The molecule has 0 spiro atoms. The quantitative estimate of drug-likeness (QED) is 0.0911. The molecule has 0 fully saturated rings. The smallest absolute Gasteiger partial charge is 0.162 e. The molecular weight excluding hydrogens is 801 g/mol. The molecule has 1 radical (unpaired) electrons. The van der Waals surface area contributed by atoms with Crippen LogP contribution in [-0.2, 0) is 36.7 Å². The summed E-state index contributed by atoms with van der Waals surface area (Å²) in [4.78, 5) is 22.5. The number of fused-ring (bicyclic) bond motifs is 6. The first-order valence-electron chi connectivity index (χ1n) is 18.0. The zero-order valence-corrected chi connectivity index (χ0v) is 33.7. The van der Waals surface area contributed by atoms with Crippen molar-refractivity contribution in [2.45, 2.75) is 99.8 Å². The van der Waals surface area contributed by atoms with Crippen molar-refractivity contribution in [1.29, 1.82) is 0 Å². The maximum Gasteiger partial charge on any atom is 0.162 e. The third kappa shape index (κ3) is 8.08. The number of aliphatic hydroxyl groups excluding tert-OH is 1. The second kappa shape index (κ2) is 15.8. The number of thiophene rings is 1. The summed E-state index contributed by atoms with van der Waals surface area (Å²) in [6, 6.07) is 20.8. The van der Waals surface area contributed by atoms with Crippen molar-refractivity contribution < 1.29 is 31.4 Å². The average Bonchev–Trinajstić information content (AvgIpc) is 3.55. The van der Waals surface area contributed by atoms with Gasteiger partial charge in [0.05, 0.1) is 11.3 Å². The van der Waals surface area contributed by atoms with E-state index in [-0.39, 0.29) is 54.3 Å². The first kappa shape index (κ1) is 37.1. The molecular formula is C43H51IrN2O2S-. The fourth-order valence-corrected chi connectivity index (χ4v) is 8.46. The van der Waals surface area contributed by atoms with Gasteiger partial charge in [-0.25, -0.2) is 4.98 Å². The fourth-order valence-electron chi connectivity index (χ4n) is 7.01. The second-order valence-corrected chi connectivity index (χ2v) is 15.8. The number of hydrogen-bond acceptors (Lipinski definition) is 5. The standard InChI is InChI=1S/C30H27N2S.C13H24O2.Ir/c1-29(2,3)16-18-10-13-23-22(14-18)27-24(30(23,4)5)26-28(33-27)25(31-17-32-26)21-12-11-19-8-6-7-9-20(19)15-21;1-5-10(6-2)12(14)9-13(15)11(7-3)8-4;/h6-14,17H,16H2,1-5H3;9-11,14H,5-8H2,1-4H3;/q-1;;/b;12-9-;/i11D;;. The Balaban J connectivity index is 0.000000301. The number of hydrogen-bond donors (Lipinski definition) is 1. The topological polar surface area (TPSA) is 63.1 Å². The van der Waals surface area contributed by atoms with Gasteiger partial charge < -0.3 is 5.11 Å². The predicted octanol–water partition coefficient (Wildman–Crippen LogP) is 12.1. The minimum atomic E-state index is -0.123. The summed E-state index contributed by atoms with van der Waals surface area (Å²) in [7, 11) is 0. The molecule has 4 nitrogen and oxygen atoms in total. The molecule has 6 heteroatoms. The fraction of sp³-hybridized carbons (Fsp3) is 0.419. The SMILES string of the molecule is CCC(CC)C(=O)/C=C(\O)C(CC)CC.[2H]c1cc(-c2ncnc3c4c(sc23)-c2cc(CC(C)(C)C)ccc2C4(C)C)[c-]c2ccccc12.[Ir]. The van der Waals surface area contributed by atoms with E-state index in [1.807, 2.05) is 58.0 Å². The van der Waals surface area contributed by atoms with Crippen molar-refractivity contribution in [2.75, 3.05) is 0 Å². The third-order valence-electron chi connectivity index (χ3n) is 9.74. The Labute approximate surface area is 312 Å². The number of benzene rings is 3. The molecule has 1 aliphatic carbocycles. The Hall–Kier alpha value is -3.18. The number of nitrogens with zero attached hydrogens (tertiary/aromatic N) is 2. The molecule has 49 heavy (non-hydrogen) atoms. The summed E-state index contributed by atoms with van der Waals surface area (Å²) < 4.78 is 9.63. The molecule has 1 N–H and O–H groups in total. The van der Waals surface area contributed by atoms with Gasteiger partial charge in [0.25, 0.3) is 0 Å². The molecule has 0 saturated heterocycles. The van der Waals surface area contributed by atoms with E-state index < -0.39 is 0 Å². The van der Waals surface area contributed by atoms with Crippen molar-refractivity contribution in [3.8, 4) is 21.7 Å². The van der Waals surface area contributed by atoms with Crippen LogP contribution < -0.4 is 0 Å². The molecule has 0 amide bonds. The number of ketones is 1. The van der Waals surface area contributed by atoms with E-state index >= 15 is 0 Å². The Morgan fingerprint density at radius 3 is 2.33 bits per heavy atom. The molecule has 0 atom stereocenters. The summed E-state index contributed by atoms with van der Waals surface area (Å²) >= 11 is 1.78. The number of aromatic nitrogens is 2. The van der Waals surface area contributed by atoms with Gasteiger partial charge in [-0.1, -0.05) is 110 Å². The van der Waals surface area contributed by atoms with Gasteiger partial charge in [-0.15, -0.1) is 41.0 Å². The van der Waals surface area contributed by atoms with Crippen LogP contribution in [0.4, 0.5) is 0 Å². The normalized spacial score (nSPS) is 13.9. The van der Waals surface area contributed by atoms with Gasteiger partial charge >= 0.3 is 0 Å². The number of allylic oxidation sites excluding steroid dienone is 2. The summed E-state index contributed by atoms with van der Waals surface area (Å²) in [6.07, 6.45) is 7.62. The summed E-state index contributed by atoms with van der Waals surface area (Å²) in [5.74, 6) is 0.547. The first-order chi connectivity index (χ1) is 23.2. The molecule has 3 aromatic carbocycles. The van der Waals surface area contributed by atoms with Gasteiger partial charge in [-0.2, -0.15) is 0 Å². The Bertz CT molecular complexity index is 2020. The molecule has 1 aliphatic rings. The molecule has 6 rings (SSSR count). The van der Waals surface area contributed by atoms with Crippen molar-refractivity contribution in [3.05, 3.63) is 95.5 Å². The predicted molar refractivity (Wildman–Crippen MR) is 204 cm³/mol. The van der Waals surface area contributed by atoms with Crippen molar-refractivity contribution in [1.82, 2.24) is 9.97 Å². The van der Waals surface area contributed by atoms with E-state index in [2.05, 4.69) is 58.9 Å². The third-order valence-corrected chi connectivity index (χ3v) is 11.0. The van der Waals surface area contributed by atoms with E-state index in [1.165, 1.54) is 33.2 Å². The van der Waals surface area contributed by atoms with Gasteiger partial charge in [0.15, 0.2) is 5.78 Å². The van der Waals surface area contributed by atoms with E-state index in [0.717, 1.165) is 64.4 Å². The molecule has 0 aliphatic heterocycles. The number of rotatable bonds is 9. The van der Waals surface area contributed by atoms with Crippen LogP contribution in [-0.4, -0.2) is 20.9 Å². The monoisotopic (exact) mass is 853 g/mol. The summed E-state index contributed by atoms with van der Waals surface area (Å²) in [5.41, 5.74) is 8.25. The van der Waals surface area contributed by atoms with Gasteiger partial charge in [0.1, 0.15) is 6.33 Å². The van der Waals surface area contributed by atoms with Crippen LogP contribution in [0.25, 0.3) is 42.7 Å². The van der Waals surface area contributed by atoms with Crippen LogP contribution in [0.2, 0.25) is 0 Å². The first-order valence-corrected chi connectivity index (χ1v) is 18.3. The molecule has 2 heterocycles. The van der Waals surface area contributed by atoms with Crippen LogP contribution in [0, 0.1) is 23.3 Å². The second-order valence-electron chi connectivity index (χ2n) is 14.8. The van der Waals surface area contributed by atoms with Crippen LogP contribution >= 0.6 is 11.3 Å².